The van der Waals surface area contributed by atoms with Crippen LogP contribution in [0.2, 0.25) is 5.02 Å². The second-order valence-corrected chi connectivity index (χ2v) is 4.82. The number of nitrogens with zero attached hydrogens (tertiary/aromatic N) is 3. The molecule has 0 saturated heterocycles. The Hall–Kier alpha value is -2.07. The summed E-state index contributed by atoms with van der Waals surface area (Å²) in [6.45, 7) is 2.05. The van der Waals surface area contributed by atoms with E-state index >= 15 is 0 Å². The lowest BCUT2D eigenvalue weighted by molar-refractivity contribution is 0.665. The lowest BCUT2D eigenvalue weighted by atomic mass is 10.1. The molecule has 3 aromatic rings. The maximum absolute atomic E-state index is 6.28. The van der Waals surface area contributed by atoms with Gasteiger partial charge < -0.3 is 10.3 Å². The maximum Gasteiger partial charge on any atom is 0.201 e. The van der Waals surface area contributed by atoms with E-state index < -0.39 is 0 Å². The first-order valence-corrected chi connectivity index (χ1v) is 6.38. The molecule has 0 radical (unpaired) electrons. The molecule has 0 saturated carbocycles. The molecule has 2 aromatic heterocycles. The summed E-state index contributed by atoms with van der Waals surface area (Å²) in [5.41, 5.74) is 8.76. The van der Waals surface area contributed by atoms with Crippen molar-refractivity contribution in [3.8, 4) is 0 Å². The Balaban J connectivity index is 2.23. The number of nitrogens with two attached hydrogens (primary N) is 1. The molecular weight excluding hydrogens is 260 g/mol. The predicted octanol–water partition coefficient (Wildman–Crippen LogP) is 3.28. The van der Waals surface area contributed by atoms with Crippen LogP contribution in [0.15, 0.2) is 42.7 Å². The predicted molar refractivity (Wildman–Crippen MR) is 77.2 cm³/mol. The topological polar surface area (TPSA) is 56.7 Å². The van der Waals surface area contributed by atoms with Crippen LogP contribution < -0.4 is 5.73 Å². The molecule has 0 spiro atoms. The third-order valence-corrected chi connectivity index (χ3v) is 3.55. The number of halogens is 1. The summed E-state index contributed by atoms with van der Waals surface area (Å²) in [7, 11) is 0. The van der Waals surface area contributed by atoms with Gasteiger partial charge in [0.25, 0.3) is 0 Å². The monoisotopic (exact) mass is 272 g/mol. The average Bonchev–Trinajstić information content (AvgIpc) is 2.76. The number of hydrogen-bond acceptors (Lipinski definition) is 3. The summed E-state index contributed by atoms with van der Waals surface area (Å²) < 4.78 is 1.94. The van der Waals surface area contributed by atoms with Crippen molar-refractivity contribution in [2.45, 2.75) is 13.0 Å². The molecule has 1 aromatic carbocycles. The minimum absolute atomic E-state index is 0.0265. The maximum atomic E-state index is 6.28. The highest BCUT2D eigenvalue weighted by Gasteiger charge is 2.17. The number of nitrogen functional groups attached to an aromatic ring is 1. The van der Waals surface area contributed by atoms with E-state index in [1.165, 1.54) is 0 Å². The molecule has 2 N–H and O–H groups in total. The van der Waals surface area contributed by atoms with E-state index in [2.05, 4.69) is 16.9 Å². The largest absolute Gasteiger partial charge is 0.369 e. The van der Waals surface area contributed by atoms with Gasteiger partial charge in [-0.05, 0) is 30.7 Å². The van der Waals surface area contributed by atoms with Crippen LogP contribution in [0.5, 0.6) is 0 Å². The summed E-state index contributed by atoms with van der Waals surface area (Å²) in [6.07, 6.45) is 3.57. The lowest BCUT2D eigenvalue weighted by Gasteiger charge is -2.16. The van der Waals surface area contributed by atoms with Gasteiger partial charge in [-0.1, -0.05) is 23.7 Å². The highest BCUT2D eigenvalue weighted by molar-refractivity contribution is 6.35. The average molecular weight is 273 g/mol. The number of rotatable bonds is 2. The fraction of sp³-hybridized carbons (Fsp3) is 0.143. The molecule has 0 fully saturated rings. The number of fused-ring (bicyclic) bond motifs is 1. The number of aromatic nitrogens is 3. The van der Waals surface area contributed by atoms with Gasteiger partial charge in [0.15, 0.2) is 0 Å². The van der Waals surface area contributed by atoms with Gasteiger partial charge in [-0.3, -0.25) is 4.98 Å². The van der Waals surface area contributed by atoms with Crippen LogP contribution in [0.25, 0.3) is 11.0 Å². The van der Waals surface area contributed by atoms with Crippen LogP contribution in [-0.2, 0) is 0 Å². The minimum Gasteiger partial charge on any atom is -0.369 e. The Morgan fingerprint density at radius 1 is 1.26 bits per heavy atom. The first-order chi connectivity index (χ1) is 9.18. The van der Waals surface area contributed by atoms with E-state index in [4.69, 9.17) is 17.3 Å². The molecule has 0 aliphatic rings. The highest BCUT2D eigenvalue weighted by Crippen LogP contribution is 2.31. The van der Waals surface area contributed by atoms with E-state index in [1.54, 1.807) is 6.20 Å². The normalized spacial score (nSPS) is 12.7. The number of hydrogen-bond donors (Lipinski definition) is 1. The SMILES string of the molecule is CC(c1cccnc1)n1c(N)nc2cccc(Cl)c21. The molecular formula is C14H13ClN4. The van der Waals surface area contributed by atoms with Crippen molar-refractivity contribution in [1.29, 1.82) is 0 Å². The fourth-order valence-electron chi connectivity index (χ4n) is 2.29. The molecule has 2 heterocycles. The van der Waals surface area contributed by atoms with Crippen molar-refractivity contribution >= 4 is 28.6 Å². The van der Waals surface area contributed by atoms with Crippen LogP contribution in [-0.4, -0.2) is 14.5 Å². The quantitative estimate of drug-likeness (QED) is 0.779. The summed E-state index contributed by atoms with van der Waals surface area (Å²) in [6, 6.07) is 9.57. The Bertz CT molecular complexity index is 721. The van der Waals surface area contributed by atoms with Crippen LogP contribution >= 0.6 is 11.6 Å². The zero-order valence-corrected chi connectivity index (χ0v) is 11.2. The molecule has 0 bridgehead atoms. The van der Waals surface area contributed by atoms with Crippen molar-refractivity contribution in [1.82, 2.24) is 14.5 Å². The summed E-state index contributed by atoms with van der Waals surface area (Å²) in [4.78, 5) is 8.50. The molecule has 1 atom stereocenters. The van der Waals surface area contributed by atoms with Crippen molar-refractivity contribution in [2.75, 3.05) is 5.73 Å². The standard InChI is InChI=1S/C14H13ClN4/c1-9(10-4-3-7-17-8-10)19-13-11(15)5-2-6-12(13)18-14(19)16/h2-9H,1H3,(H2,16,18). The fourth-order valence-corrected chi connectivity index (χ4v) is 2.55. The van der Waals surface area contributed by atoms with E-state index in [0.29, 0.717) is 11.0 Å². The minimum atomic E-state index is 0.0265. The number of benzene rings is 1. The number of anilines is 1. The molecule has 19 heavy (non-hydrogen) atoms. The molecule has 3 rings (SSSR count). The van der Waals surface area contributed by atoms with Gasteiger partial charge in [-0.2, -0.15) is 0 Å². The van der Waals surface area contributed by atoms with Gasteiger partial charge in [0.05, 0.1) is 22.1 Å². The molecule has 0 aliphatic carbocycles. The van der Waals surface area contributed by atoms with Crippen LogP contribution in [0.4, 0.5) is 5.95 Å². The number of pyridine rings is 1. The third-order valence-electron chi connectivity index (χ3n) is 3.24. The van der Waals surface area contributed by atoms with Gasteiger partial charge in [0, 0.05) is 12.4 Å². The first-order valence-electron chi connectivity index (χ1n) is 6.00. The van der Waals surface area contributed by atoms with Gasteiger partial charge in [0.1, 0.15) is 0 Å². The summed E-state index contributed by atoms with van der Waals surface area (Å²) in [5, 5.41) is 0.650. The van der Waals surface area contributed by atoms with Gasteiger partial charge in [-0.25, -0.2) is 4.98 Å². The molecule has 0 amide bonds. The number of imidazole rings is 1. The van der Waals surface area contributed by atoms with Crippen LogP contribution in [0.3, 0.4) is 0 Å². The summed E-state index contributed by atoms with van der Waals surface area (Å²) in [5.74, 6) is 0.458. The smallest absolute Gasteiger partial charge is 0.201 e. The molecule has 1 unspecified atom stereocenters. The van der Waals surface area contributed by atoms with Crippen LogP contribution in [0.1, 0.15) is 18.5 Å². The van der Waals surface area contributed by atoms with E-state index in [1.807, 2.05) is 41.1 Å². The zero-order chi connectivity index (χ0) is 13.4. The molecule has 4 nitrogen and oxygen atoms in total. The lowest BCUT2D eigenvalue weighted by Crippen LogP contribution is -2.10. The van der Waals surface area contributed by atoms with Crippen molar-refractivity contribution in [3.05, 3.63) is 53.3 Å². The zero-order valence-electron chi connectivity index (χ0n) is 10.4. The first kappa shape index (κ1) is 12.0. The van der Waals surface area contributed by atoms with Crippen molar-refractivity contribution in [3.63, 3.8) is 0 Å². The Morgan fingerprint density at radius 3 is 2.84 bits per heavy atom. The van der Waals surface area contributed by atoms with E-state index in [-0.39, 0.29) is 6.04 Å². The highest BCUT2D eigenvalue weighted by atomic mass is 35.5. The third kappa shape index (κ3) is 1.94. The second-order valence-electron chi connectivity index (χ2n) is 4.41. The number of para-hydroxylation sites is 1. The van der Waals surface area contributed by atoms with Gasteiger partial charge in [0.2, 0.25) is 5.95 Å². The Labute approximate surface area is 115 Å². The van der Waals surface area contributed by atoms with Crippen LogP contribution in [0, 0.1) is 0 Å². The van der Waals surface area contributed by atoms with Gasteiger partial charge in [-0.15, -0.1) is 0 Å². The molecule has 96 valence electrons. The summed E-state index contributed by atoms with van der Waals surface area (Å²) >= 11 is 6.28. The Kier molecular flexibility index (Phi) is 2.87. The van der Waals surface area contributed by atoms with E-state index in [0.717, 1.165) is 16.6 Å². The Morgan fingerprint density at radius 2 is 2.11 bits per heavy atom. The van der Waals surface area contributed by atoms with E-state index in [9.17, 15) is 0 Å². The molecule has 0 aliphatic heterocycles. The second kappa shape index (κ2) is 4.55. The van der Waals surface area contributed by atoms with Crippen molar-refractivity contribution < 1.29 is 0 Å². The molecule has 5 heteroatoms. The van der Waals surface area contributed by atoms with Crippen molar-refractivity contribution in [2.24, 2.45) is 0 Å². The van der Waals surface area contributed by atoms with Gasteiger partial charge >= 0.3 is 0 Å².